The largest absolute Gasteiger partial charge is 0.358 e. The number of nitrogens with one attached hydrogen (secondary N) is 1. The molecular weight excluding hydrogens is 142 g/mol. The van der Waals surface area contributed by atoms with E-state index in [0.717, 1.165) is 11.6 Å². The van der Waals surface area contributed by atoms with Gasteiger partial charge >= 0.3 is 0 Å². The minimum absolute atomic E-state index is 0.743. The zero-order valence-electron chi connectivity index (χ0n) is 6.02. The SMILES string of the molecule is CNc1nccc2nncn12. The molecule has 0 unspecified atom stereocenters. The van der Waals surface area contributed by atoms with Gasteiger partial charge in [-0.2, -0.15) is 0 Å². The molecule has 2 aromatic rings. The molecule has 0 radical (unpaired) electrons. The highest BCUT2D eigenvalue weighted by Crippen LogP contribution is 2.03. The van der Waals surface area contributed by atoms with E-state index in [-0.39, 0.29) is 0 Å². The Balaban J connectivity index is 2.79. The van der Waals surface area contributed by atoms with Crippen LogP contribution in [0.15, 0.2) is 18.6 Å². The van der Waals surface area contributed by atoms with Gasteiger partial charge in [-0.05, 0) is 0 Å². The molecule has 0 saturated heterocycles. The van der Waals surface area contributed by atoms with Crippen molar-refractivity contribution in [2.24, 2.45) is 0 Å². The summed E-state index contributed by atoms with van der Waals surface area (Å²) in [5.41, 5.74) is 0.796. The zero-order chi connectivity index (χ0) is 7.68. The van der Waals surface area contributed by atoms with Gasteiger partial charge in [-0.25, -0.2) is 4.98 Å². The standard InChI is InChI=1S/C6H7N5/c1-7-6-8-3-2-5-10-9-4-11(5)6/h2-4H,1H3,(H,7,8). The molecule has 11 heavy (non-hydrogen) atoms. The Morgan fingerprint density at radius 1 is 1.55 bits per heavy atom. The van der Waals surface area contributed by atoms with Crippen molar-refractivity contribution in [1.82, 2.24) is 19.6 Å². The van der Waals surface area contributed by atoms with Crippen LogP contribution in [0.4, 0.5) is 5.95 Å². The lowest BCUT2D eigenvalue weighted by molar-refractivity contribution is 1.07. The van der Waals surface area contributed by atoms with E-state index in [0.29, 0.717) is 0 Å². The molecule has 0 aromatic carbocycles. The van der Waals surface area contributed by atoms with Crippen LogP contribution < -0.4 is 5.32 Å². The van der Waals surface area contributed by atoms with Crippen molar-refractivity contribution >= 4 is 11.6 Å². The summed E-state index contributed by atoms with van der Waals surface area (Å²) < 4.78 is 1.78. The second-order valence-electron chi connectivity index (χ2n) is 2.08. The first-order chi connectivity index (χ1) is 5.42. The second-order valence-corrected chi connectivity index (χ2v) is 2.08. The van der Waals surface area contributed by atoms with Crippen LogP contribution in [0.2, 0.25) is 0 Å². The van der Waals surface area contributed by atoms with Crippen molar-refractivity contribution in [2.75, 3.05) is 12.4 Å². The number of aromatic nitrogens is 4. The number of fused-ring (bicyclic) bond motifs is 1. The highest BCUT2D eigenvalue weighted by atomic mass is 15.3. The smallest absolute Gasteiger partial charge is 0.209 e. The molecule has 0 bridgehead atoms. The molecule has 56 valence electrons. The van der Waals surface area contributed by atoms with Crippen molar-refractivity contribution < 1.29 is 0 Å². The average Bonchev–Trinajstić information content (AvgIpc) is 2.50. The predicted molar refractivity (Wildman–Crippen MR) is 40.3 cm³/mol. The molecule has 5 heteroatoms. The minimum Gasteiger partial charge on any atom is -0.358 e. The third kappa shape index (κ3) is 0.813. The highest BCUT2D eigenvalue weighted by molar-refractivity contribution is 5.42. The van der Waals surface area contributed by atoms with Crippen LogP contribution in [0.1, 0.15) is 0 Å². The molecule has 1 N–H and O–H groups in total. The predicted octanol–water partition coefficient (Wildman–Crippen LogP) is 0.166. The maximum absolute atomic E-state index is 4.07. The Kier molecular flexibility index (Phi) is 1.21. The fraction of sp³-hybridized carbons (Fsp3) is 0.167. The Morgan fingerprint density at radius 3 is 3.27 bits per heavy atom. The molecule has 2 heterocycles. The summed E-state index contributed by atoms with van der Waals surface area (Å²) in [4.78, 5) is 4.07. The van der Waals surface area contributed by atoms with Crippen LogP contribution in [-0.4, -0.2) is 26.6 Å². The van der Waals surface area contributed by atoms with Crippen LogP contribution in [0.3, 0.4) is 0 Å². The number of hydrogen-bond acceptors (Lipinski definition) is 4. The van der Waals surface area contributed by atoms with Gasteiger partial charge in [-0.3, -0.25) is 4.40 Å². The normalized spacial score (nSPS) is 10.3. The molecule has 0 atom stereocenters. The van der Waals surface area contributed by atoms with Crippen molar-refractivity contribution in [3.8, 4) is 0 Å². The van der Waals surface area contributed by atoms with Crippen LogP contribution in [0.5, 0.6) is 0 Å². The summed E-state index contributed by atoms with van der Waals surface area (Å²) in [6, 6.07) is 1.80. The number of nitrogens with zero attached hydrogens (tertiary/aromatic N) is 4. The number of rotatable bonds is 1. The first-order valence-electron chi connectivity index (χ1n) is 3.24. The topological polar surface area (TPSA) is 55.1 Å². The summed E-state index contributed by atoms with van der Waals surface area (Å²) >= 11 is 0. The third-order valence-corrected chi connectivity index (χ3v) is 1.45. The molecule has 5 nitrogen and oxygen atoms in total. The maximum atomic E-state index is 4.07. The molecule has 2 rings (SSSR count). The van der Waals surface area contributed by atoms with E-state index in [1.54, 1.807) is 23.0 Å². The van der Waals surface area contributed by atoms with Gasteiger partial charge in [0, 0.05) is 19.3 Å². The molecule has 0 aliphatic rings. The van der Waals surface area contributed by atoms with Crippen LogP contribution in [-0.2, 0) is 0 Å². The summed E-state index contributed by atoms with van der Waals surface area (Å²) in [6.07, 6.45) is 3.31. The van der Waals surface area contributed by atoms with E-state index in [4.69, 9.17) is 0 Å². The van der Waals surface area contributed by atoms with E-state index in [2.05, 4.69) is 20.5 Å². The Hall–Kier alpha value is -1.65. The Labute approximate surface area is 63.1 Å². The quantitative estimate of drug-likeness (QED) is 0.627. The number of hydrogen-bond donors (Lipinski definition) is 1. The first kappa shape index (κ1) is 6.09. The van der Waals surface area contributed by atoms with Crippen LogP contribution in [0, 0.1) is 0 Å². The number of anilines is 1. The van der Waals surface area contributed by atoms with Crippen molar-refractivity contribution in [2.45, 2.75) is 0 Å². The summed E-state index contributed by atoms with van der Waals surface area (Å²) in [5.74, 6) is 0.743. The zero-order valence-corrected chi connectivity index (χ0v) is 6.02. The molecule has 0 fully saturated rings. The van der Waals surface area contributed by atoms with E-state index in [1.807, 2.05) is 7.05 Å². The van der Waals surface area contributed by atoms with E-state index in [9.17, 15) is 0 Å². The molecular formula is C6H7N5. The monoisotopic (exact) mass is 149 g/mol. The fourth-order valence-corrected chi connectivity index (χ4v) is 0.943. The summed E-state index contributed by atoms with van der Waals surface area (Å²) in [7, 11) is 1.81. The van der Waals surface area contributed by atoms with Crippen molar-refractivity contribution in [1.29, 1.82) is 0 Å². The Bertz CT molecular complexity index is 366. The molecule has 2 aromatic heterocycles. The highest BCUT2D eigenvalue weighted by Gasteiger charge is 1.98. The van der Waals surface area contributed by atoms with Crippen molar-refractivity contribution in [3.05, 3.63) is 18.6 Å². The van der Waals surface area contributed by atoms with Gasteiger partial charge < -0.3 is 5.32 Å². The van der Waals surface area contributed by atoms with Crippen LogP contribution in [0.25, 0.3) is 5.65 Å². The molecule has 0 aliphatic carbocycles. The molecule has 0 aliphatic heterocycles. The van der Waals surface area contributed by atoms with E-state index in [1.165, 1.54) is 0 Å². The second kappa shape index (κ2) is 2.19. The maximum Gasteiger partial charge on any atom is 0.209 e. The lowest BCUT2D eigenvalue weighted by atomic mass is 10.6. The lowest BCUT2D eigenvalue weighted by Gasteiger charge is -1.99. The van der Waals surface area contributed by atoms with Crippen LogP contribution >= 0.6 is 0 Å². The molecule has 0 saturated carbocycles. The van der Waals surface area contributed by atoms with Gasteiger partial charge in [0.25, 0.3) is 0 Å². The van der Waals surface area contributed by atoms with E-state index < -0.39 is 0 Å². The summed E-state index contributed by atoms with van der Waals surface area (Å²) in [6.45, 7) is 0. The van der Waals surface area contributed by atoms with Gasteiger partial charge in [0.1, 0.15) is 6.33 Å². The first-order valence-corrected chi connectivity index (χ1v) is 3.24. The van der Waals surface area contributed by atoms with Crippen molar-refractivity contribution in [3.63, 3.8) is 0 Å². The van der Waals surface area contributed by atoms with E-state index >= 15 is 0 Å². The minimum atomic E-state index is 0.743. The lowest BCUT2D eigenvalue weighted by Crippen LogP contribution is -1.99. The van der Waals surface area contributed by atoms with Gasteiger partial charge in [0.2, 0.25) is 5.95 Å². The van der Waals surface area contributed by atoms with Gasteiger partial charge in [0.15, 0.2) is 5.65 Å². The fourth-order valence-electron chi connectivity index (χ4n) is 0.943. The third-order valence-electron chi connectivity index (χ3n) is 1.45. The van der Waals surface area contributed by atoms with Gasteiger partial charge in [0.05, 0.1) is 0 Å². The molecule has 0 spiro atoms. The average molecular weight is 149 g/mol. The van der Waals surface area contributed by atoms with Gasteiger partial charge in [-0.1, -0.05) is 0 Å². The Morgan fingerprint density at radius 2 is 2.45 bits per heavy atom. The molecule has 0 amide bonds. The summed E-state index contributed by atoms with van der Waals surface area (Å²) in [5, 5.41) is 10.5. The van der Waals surface area contributed by atoms with Gasteiger partial charge in [-0.15, -0.1) is 10.2 Å².